The number of benzene rings is 1. The van der Waals surface area contributed by atoms with E-state index in [9.17, 15) is 0 Å². The lowest BCUT2D eigenvalue weighted by molar-refractivity contribution is 0.535. The van der Waals surface area contributed by atoms with E-state index >= 15 is 0 Å². The fourth-order valence-corrected chi connectivity index (χ4v) is 2.07. The summed E-state index contributed by atoms with van der Waals surface area (Å²) in [7, 11) is 0. The van der Waals surface area contributed by atoms with Crippen LogP contribution in [-0.2, 0) is 6.42 Å². The van der Waals surface area contributed by atoms with Gasteiger partial charge in [-0.05, 0) is 38.0 Å². The van der Waals surface area contributed by atoms with Crippen molar-refractivity contribution in [1.29, 1.82) is 0 Å². The van der Waals surface area contributed by atoms with Gasteiger partial charge >= 0.3 is 0 Å². The summed E-state index contributed by atoms with van der Waals surface area (Å²) in [6.07, 6.45) is 3.31. The Balaban J connectivity index is 2.13. The third-order valence-electron chi connectivity index (χ3n) is 2.87. The lowest BCUT2D eigenvalue weighted by atomic mass is 10.1. The molecule has 0 saturated carbocycles. The number of hydrogen-bond acceptors (Lipinski definition) is 1. The summed E-state index contributed by atoms with van der Waals surface area (Å²) >= 11 is 3.65. The highest BCUT2D eigenvalue weighted by Crippen LogP contribution is 2.23. The first-order valence-corrected chi connectivity index (χ1v) is 6.73. The number of halogens is 1. The summed E-state index contributed by atoms with van der Waals surface area (Å²) in [6, 6.07) is 8.49. The minimum Gasteiger partial charge on any atom is -0.461 e. The van der Waals surface area contributed by atoms with Crippen LogP contribution in [0.15, 0.2) is 28.7 Å². The summed E-state index contributed by atoms with van der Waals surface area (Å²) in [5.41, 5.74) is 2.29. The van der Waals surface area contributed by atoms with E-state index in [1.807, 2.05) is 0 Å². The molecular weight excluding hydrogens is 264 g/mol. The van der Waals surface area contributed by atoms with Gasteiger partial charge in [-0.2, -0.15) is 0 Å². The maximum absolute atomic E-state index is 5.80. The second-order valence-electron chi connectivity index (χ2n) is 4.30. The lowest BCUT2D eigenvalue weighted by Crippen LogP contribution is -1.96. The van der Waals surface area contributed by atoms with E-state index in [0.29, 0.717) is 4.83 Å². The number of fused-ring (bicyclic) bond motifs is 1. The zero-order valence-corrected chi connectivity index (χ0v) is 11.4. The Morgan fingerprint density at radius 2 is 2.12 bits per heavy atom. The summed E-state index contributed by atoms with van der Waals surface area (Å²) in [4.78, 5) is 0.599. The fourth-order valence-electron chi connectivity index (χ4n) is 1.84. The van der Waals surface area contributed by atoms with E-state index in [-0.39, 0.29) is 0 Å². The first kappa shape index (κ1) is 11.7. The highest BCUT2D eigenvalue weighted by molar-refractivity contribution is 9.09. The smallest absolute Gasteiger partial charge is 0.134 e. The van der Waals surface area contributed by atoms with Crippen LogP contribution in [0.3, 0.4) is 0 Å². The van der Waals surface area contributed by atoms with Gasteiger partial charge in [0.2, 0.25) is 0 Å². The Morgan fingerprint density at radius 1 is 1.31 bits per heavy atom. The average molecular weight is 281 g/mol. The minimum atomic E-state index is 0.599. The molecule has 0 fully saturated rings. The first-order valence-electron chi connectivity index (χ1n) is 5.82. The topological polar surface area (TPSA) is 13.1 Å². The summed E-state index contributed by atoms with van der Waals surface area (Å²) < 4.78 is 5.80. The summed E-state index contributed by atoms with van der Waals surface area (Å²) in [5, 5.41) is 1.22. The van der Waals surface area contributed by atoms with Gasteiger partial charge in [0.15, 0.2) is 0 Å². The molecule has 1 aromatic carbocycles. The highest BCUT2D eigenvalue weighted by atomic mass is 79.9. The van der Waals surface area contributed by atoms with Crippen molar-refractivity contribution in [2.45, 2.75) is 37.9 Å². The van der Waals surface area contributed by atoms with Crippen LogP contribution >= 0.6 is 15.9 Å². The fraction of sp³-hybridized carbons (Fsp3) is 0.429. The quantitative estimate of drug-likeness (QED) is 0.730. The third-order valence-corrected chi connectivity index (χ3v) is 3.98. The molecule has 1 heterocycles. The average Bonchev–Trinajstić information content (AvgIpc) is 2.67. The van der Waals surface area contributed by atoms with Crippen molar-refractivity contribution < 1.29 is 4.42 Å². The van der Waals surface area contributed by atoms with Crippen LogP contribution in [0.4, 0.5) is 0 Å². The molecule has 2 aromatic rings. The first-order chi connectivity index (χ1) is 7.69. The number of aryl methyl sites for hydroxylation is 2. The molecule has 1 nitrogen and oxygen atoms in total. The molecular formula is C14H17BrO. The van der Waals surface area contributed by atoms with Crippen LogP contribution in [0.2, 0.25) is 0 Å². The molecule has 0 aliphatic carbocycles. The highest BCUT2D eigenvalue weighted by Gasteiger charge is 2.06. The summed E-state index contributed by atoms with van der Waals surface area (Å²) in [5.74, 6) is 1.10. The van der Waals surface area contributed by atoms with E-state index in [2.05, 4.69) is 54.0 Å². The number of hydrogen-bond donors (Lipinski definition) is 0. The molecule has 16 heavy (non-hydrogen) atoms. The van der Waals surface area contributed by atoms with Gasteiger partial charge in [0, 0.05) is 16.6 Å². The minimum absolute atomic E-state index is 0.599. The monoisotopic (exact) mass is 280 g/mol. The largest absolute Gasteiger partial charge is 0.461 e. The predicted molar refractivity (Wildman–Crippen MR) is 72.3 cm³/mol. The summed E-state index contributed by atoms with van der Waals surface area (Å²) in [6.45, 7) is 4.30. The van der Waals surface area contributed by atoms with Crippen molar-refractivity contribution >= 4 is 26.9 Å². The van der Waals surface area contributed by atoms with Gasteiger partial charge in [-0.15, -0.1) is 0 Å². The number of alkyl halides is 1. The molecule has 1 aromatic heterocycles. The van der Waals surface area contributed by atoms with E-state index < -0.39 is 0 Å². The van der Waals surface area contributed by atoms with Gasteiger partial charge in [-0.1, -0.05) is 34.5 Å². The van der Waals surface area contributed by atoms with Crippen molar-refractivity contribution in [2.24, 2.45) is 0 Å². The van der Waals surface area contributed by atoms with E-state index in [4.69, 9.17) is 4.42 Å². The van der Waals surface area contributed by atoms with Crippen molar-refractivity contribution in [3.8, 4) is 0 Å². The maximum Gasteiger partial charge on any atom is 0.134 e. The zero-order chi connectivity index (χ0) is 11.5. The molecule has 0 amide bonds. The molecule has 2 rings (SSSR count). The van der Waals surface area contributed by atoms with Crippen LogP contribution in [0.1, 0.15) is 31.1 Å². The van der Waals surface area contributed by atoms with Crippen LogP contribution in [-0.4, -0.2) is 4.83 Å². The van der Waals surface area contributed by atoms with Gasteiger partial charge in [-0.3, -0.25) is 0 Å². The van der Waals surface area contributed by atoms with E-state index in [1.165, 1.54) is 17.4 Å². The van der Waals surface area contributed by atoms with E-state index in [1.54, 1.807) is 0 Å². The van der Waals surface area contributed by atoms with Gasteiger partial charge in [0.25, 0.3) is 0 Å². The van der Waals surface area contributed by atoms with Gasteiger partial charge in [-0.25, -0.2) is 0 Å². The Hall–Kier alpha value is -0.760. The third kappa shape index (κ3) is 2.67. The molecule has 0 radical (unpaired) electrons. The molecule has 2 heteroatoms. The normalized spacial score (nSPS) is 13.2. The van der Waals surface area contributed by atoms with E-state index in [0.717, 1.165) is 24.2 Å². The molecule has 0 spiro atoms. The van der Waals surface area contributed by atoms with Crippen LogP contribution in [0, 0.1) is 6.92 Å². The number of furan rings is 1. The van der Waals surface area contributed by atoms with Crippen molar-refractivity contribution in [2.75, 3.05) is 0 Å². The van der Waals surface area contributed by atoms with Crippen molar-refractivity contribution in [3.63, 3.8) is 0 Å². The van der Waals surface area contributed by atoms with Gasteiger partial charge < -0.3 is 4.42 Å². The molecule has 1 atom stereocenters. The predicted octanol–water partition coefficient (Wildman–Crippen LogP) is 4.85. The van der Waals surface area contributed by atoms with Crippen LogP contribution in [0.25, 0.3) is 11.0 Å². The SMILES string of the molecule is CCC(Br)CCc1cc2cc(C)ccc2o1. The molecule has 1 unspecified atom stereocenters. The molecule has 0 saturated heterocycles. The van der Waals surface area contributed by atoms with Gasteiger partial charge in [0.1, 0.15) is 11.3 Å². The van der Waals surface area contributed by atoms with Crippen LogP contribution in [0.5, 0.6) is 0 Å². The second-order valence-corrected chi connectivity index (χ2v) is 5.59. The van der Waals surface area contributed by atoms with Crippen molar-refractivity contribution in [1.82, 2.24) is 0 Å². The van der Waals surface area contributed by atoms with Gasteiger partial charge in [0.05, 0.1) is 0 Å². The lowest BCUT2D eigenvalue weighted by Gasteiger charge is -2.03. The Kier molecular flexibility index (Phi) is 3.70. The molecule has 0 bridgehead atoms. The Bertz CT molecular complexity index is 473. The number of rotatable bonds is 4. The maximum atomic E-state index is 5.80. The molecule has 0 aliphatic heterocycles. The van der Waals surface area contributed by atoms with Crippen LogP contribution < -0.4 is 0 Å². The second kappa shape index (κ2) is 5.05. The standard InChI is InChI=1S/C14H17BrO/c1-3-12(15)5-6-13-9-11-8-10(2)4-7-14(11)16-13/h4,7-9,12H,3,5-6H2,1-2H3. The Morgan fingerprint density at radius 3 is 2.88 bits per heavy atom. The molecule has 86 valence electrons. The zero-order valence-electron chi connectivity index (χ0n) is 9.79. The van der Waals surface area contributed by atoms with Crippen molar-refractivity contribution in [3.05, 3.63) is 35.6 Å². The Labute approximate surface area is 105 Å². The molecule has 0 aliphatic rings. The molecule has 0 N–H and O–H groups in total.